The molecule has 0 aliphatic heterocycles. The minimum Gasteiger partial charge on any atom is -0.480 e. The number of nitrogens with zero attached hydrogens (tertiary/aromatic N) is 1. The van der Waals surface area contributed by atoms with Crippen molar-refractivity contribution in [2.45, 2.75) is 18.9 Å². The van der Waals surface area contributed by atoms with Crippen molar-refractivity contribution in [3.05, 3.63) is 0 Å². The van der Waals surface area contributed by atoms with Gasteiger partial charge in [0.25, 0.3) is 0 Å². The highest BCUT2D eigenvalue weighted by atomic mass is 16.4. The van der Waals surface area contributed by atoms with Crippen LogP contribution in [0, 0.1) is 0 Å². The maximum atomic E-state index is 10.4. The van der Waals surface area contributed by atoms with Crippen molar-refractivity contribution >= 4 is 11.9 Å². The van der Waals surface area contributed by atoms with E-state index >= 15 is 0 Å². The Kier molecular flexibility index (Phi) is 4.10. The molecule has 0 aliphatic carbocycles. The second-order valence-corrected chi connectivity index (χ2v) is 2.72. The van der Waals surface area contributed by atoms with Crippen molar-refractivity contribution in [1.82, 2.24) is 10.6 Å². The summed E-state index contributed by atoms with van der Waals surface area (Å²) in [5, 5.41) is 13.9. The summed E-state index contributed by atoms with van der Waals surface area (Å²) in [5.74, 6) is -0.899. The van der Waals surface area contributed by atoms with E-state index in [4.69, 9.17) is 15.0 Å². The molecule has 0 fully saturated rings. The molecule has 6 heteroatoms. The second-order valence-electron chi connectivity index (χ2n) is 2.72. The quantitative estimate of drug-likeness (QED) is 0.261. The summed E-state index contributed by atoms with van der Waals surface area (Å²) < 4.78 is 20.8. The average Bonchev–Trinajstić information content (AvgIpc) is 2.20. The van der Waals surface area contributed by atoms with Crippen LogP contribution in [0.25, 0.3) is 0 Å². The number of rotatable bonds is 5. The topological polar surface area (TPSA) is 99.7 Å². The Morgan fingerprint density at radius 2 is 2.50 bits per heavy atom. The van der Waals surface area contributed by atoms with Crippen molar-refractivity contribution < 1.29 is 14.0 Å². The van der Waals surface area contributed by atoms with Gasteiger partial charge in [-0.15, -0.1) is 0 Å². The van der Waals surface area contributed by atoms with E-state index in [0.717, 1.165) is 0 Å². The number of carbonyl (C=O) groups is 1. The van der Waals surface area contributed by atoms with Gasteiger partial charge in [-0.3, -0.25) is 9.79 Å². The zero-order valence-electron chi connectivity index (χ0n) is 11.1. The second kappa shape index (κ2) is 7.14. The molecule has 0 spiro atoms. The van der Waals surface area contributed by atoms with Gasteiger partial charge in [-0.1, -0.05) is 0 Å². The summed E-state index contributed by atoms with van der Waals surface area (Å²) in [7, 11) is 1.54. The summed E-state index contributed by atoms with van der Waals surface area (Å²) in [6.45, 7) is -2.00. The van der Waals surface area contributed by atoms with E-state index in [-0.39, 0.29) is 5.96 Å². The fourth-order valence-electron chi connectivity index (χ4n) is 0.836. The Morgan fingerprint density at radius 1 is 1.79 bits per heavy atom. The van der Waals surface area contributed by atoms with Gasteiger partial charge in [0, 0.05) is 24.7 Å². The van der Waals surface area contributed by atoms with Crippen LogP contribution in [0.3, 0.4) is 0 Å². The predicted octanol–water partition coefficient (Wildman–Crippen LogP) is -1.03. The lowest BCUT2D eigenvalue weighted by Crippen LogP contribution is -2.36. The third-order valence-corrected chi connectivity index (χ3v) is 1.65. The first-order valence-electron chi connectivity index (χ1n) is 5.76. The van der Waals surface area contributed by atoms with Gasteiger partial charge in [0.15, 0.2) is 5.96 Å². The minimum absolute atomic E-state index is 0.147. The Bertz CT molecular complexity index is 280. The number of nitrogens with one attached hydrogen (secondary N) is 2. The molecule has 0 bridgehead atoms. The predicted molar refractivity (Wildman–Crippen MR) is 55.3 cm³/mol. The van der Waals surface area contributed by atoms with Crippen molar-refractivity contribution in [1.29, 1.82) is 0 Å². The lowest BCUT2D eigenvalue weighted by molar-refractivity contribution is -0.138. The molecule has 0 radical (unpaired) electrons. The number of aliphatic imine (C=N–C) groups is 1. The Balaban J connectivity index is 3.94. The number of aliphatic carboxylic acids is 1. The summed E-state index contributed by atoms with van der Waals surface area (Å²) >= 11 is 0. The van der Waals surface area contributed by atoms with E-state index in [2.05, 4.69) is 15.6 Å². The van der Waals surface area contributed by atoms with Crippen LogP contribution in [0.5, 0.6) is 0 Å². The molecule has 6 nitrogen and oxygen atoms in total. The highest BCUT2D eigenvalue weighted by Gasteiger charge is 2.09. The van der Waals surface area contributed by atoms with Gasteiger partial charge in [-0.2, -0.15) is 0 Å². The molecule has 82 valence electrons. The van der Waals surface area contributed by atoms with Crippen LogP contribution < -0.4 is 16.4 Å². The highest BCUT2D eigenvalue weighted by Crippen LogP contribution is 1.92. The Hall–Kier alpha value is -1.30. The summed E-state index contributed by atoms with van der Waals surface area (Å²) in [6.07, 6.45) is 0.822. The van der Waals surface area contributed by atoms with Crippen LogP contribution >= 0.6 is 0 Å². The van der Waals surface area contributed by atoms with Gasteiger partial charge in [-0.25, -0.2) is 0 Å². The van der Waals surface area contributed by atoms with Gasteiger partial charge in [0.05, 0.1) is 0 Å². The first kappa shape index (κ1) is 8.05. The van der Waals surface area contributed by atoms with Crippen molar-refractivity contribution in [2.75, 3.05) is 20.6 Å². The smallest absolute Gasteiger partial charge is 0.320 e. The van der Waals surface area contributed by atoms with Crippen LogP contribution in [0.15, 0.2) is 4.99 Å². The highest BCUT2D eigenvalue weighted by molar-refractivity contribution is 5.79. The van der Waals surface area contributed by atoms with Crippen molar-refractivity contribution in [3.8, 4) is 0 Å². The van der Waals surface area contributed by atoms with Gasteiger partial charge < -0.3 is 21.5 Å². The third-order valence-electron chi connectivity index (χ3n) is 1.65. The van der Waals surface area contributed by atoms with Crippen LogP contribution in [0.2, 0.25) is 0 Å². The van der Waals surface area contributed by atoms with E-state index in [1.165, 1.54) is 0 Å². The van der Waals surface area contributed by atoms with Gasteiger partial charge >= 0.3 is 5.97 Å². The van der Waals surface area contributed by atoms with E-state index in [0.29, 0.717) is 19.4 Å². The van der Waals surface area contributed by atoms with Crippen LogP contribution in [-0.4, -0.2) is 43.6 Å². The molecule has 0 saturated heterocycles. The molecule has 0 aliphatic rings. The largest absolute Gasteiger partial charge is 0.480 e. The standard InChI is InChI=1S/C8H18N4O2/c1-10-8(11-2)12-5-3-4-6(9)7(13)14/h6H,3-5,9H2,1-2H3,(H,13,14)(H2,10,11,12)/i1D3. The normalized spacial score (nSPS) is 17.6. The lowest BCUT2D eigenvalue weighted by Gasteiger charge is -2.09. The molecule has 0 aromatic rings. The van der Waals surface area contributed by atoms with Gasteiger partial charge in [0.2, 0.25) is 0 Å². The molecule has 14 heavy (non-hydrogen) atoms. The molecule has 0 amide bonds. The first-order valence-corrected chi connectivity index (χ1v) is 4.26. The van der Waals surface area contributed by atoms with E-state index in [9.17, 15) is 4.79 Å². The van der Waals surface area contributed by atoms with Gasteiger partial charge in [0.1, 0.15) is 6.04 Å². The molecule has 0 aromatic heterocycles. The summed E-state index contributed by atoms with van der Waals surface area (Å²) in [6, 6.07) is -0.894. The lowest BCUT2D eigenvalue weighted by atomic mass is 10.2. The molecule has 1 unspecified atom stereocenters. The maximum absolute atomic E-state index is 10.4. The number of nitrogens with two attached hydrogens (primary N) is 1. The molecule has 0 aromatic carbocycles. The third kappa shape index (κ3) is 5.36. The number of carboxylic acid groups (broad SMARTS) is 1. The molecule has 0 rings (SSSR count). The SMILES string of the molecule is [2H]C([2H])([2H])N=C(NC)NCCCC(N)C(=O)O. The van der Waals surface area contributed by atoms with Gasteiger partial charge in [-0.05, 0) is 12.8 Å². The van der Waals surface area contributed by atoms with Crippen molar-refractivity contribution in [2.24, 2.45) is 10.7 Å². The van der Waals surface area contributed by atoms with E-state index in [1.807, 2.05) is 0 Å². The zero-order valence-corrected chi connectivity index (χ0v) is 8.08. The summed E-state index contributed by atoms with van der Waals surface area (Å²) in [4.78, 5) is 13.8. The number of hydrogen-bond acceptors (Lipinski definition) is 3. The fourth-order valence-corrected chi connectivity index (χ4v) is 0.836. The molecule has 5 N–H and O–H groups in total. The Labute approximate surface area is 87.8 Å². The van der Waals surface area contributed by atoms with Crippen molar-refractivity contribution in [3.63, 3.8) is 0 Å². The molecule has 1 atom stereocenters. The minimum atomic E-state index is -2.40. The monoisotopic (exact) mass is 205 g/mol. The number of hydrogen-bond donors (Lipinski definition) is 4. The maximum Gasteiger partial charge on any atom is 0.320 e. The van der Waals surface area contributed by atoms with E-state index < -0.39 is 19.0 Å². The average molecular weight is 205 g/mol. The molecule has 0 saturated carbocycles. The fraction of sp³-hybridized carbons (Fsp3) is 0.750. The van der Waals surface area contributed by atoms with Crippen LogP contribution in [0.4, 0.5) is 0 Å². The molecule has 0 heterocycles. The number of guanidine groups is 1. The molecular formula is C8H18N4O2. The Morgan fingerprint density at radius 3 is 3.00 bits per heavy atom. The zero-order chi connectivity index (χ0) is 13.5. The first-order chi connectivity index (χ1) is 7.76. The van der Waals surface area contributed by atoms with E-state index in [1.54, 1.807) is 7.05 Å². The van der Waals surface area contributed by atoms with Crippen LogP contribution in [0.1, 0.15) is 17.0 Å². The molecular weight excluding hydrogens is 184 g/mol. The number of carboxylic acids is 1. The summed E-state index contributed by atoms with van der Waals surface area (Å²) in [5.41, 5.74) is 5.30. The van der Waals surface area contributed by atoms with Crippen LogP contribution in [-0.2, 0) is 4.79 Å².